The monoisotopic (exact) mass is 363 g/mol. The quantitative estimate of drug-likeness (QED) is 0.701. The van der Waals surface area contributed by atoms with Gasteiger partial charge in [-0.25, -0.2) is 9.78 Å². The van der Waals surface area contributed by atoms with Crippen LogP contribution in [0.4, 0.5) is 0 Å². The number of rotatable bonds is 4. The predicted molar refractivity (Wildman–Crippen MR) is 102 cm³/mol. The van der Waals surface area contributed by atoms with Crippen LogP contribution in [0, 0.1) is 23.7 Å². The average Bonchev–Trinajstić information content (AvgIpc) is 2.68. The van der Waals surface area contributed by atoms with E-state index < -0.39 is 5.97 Å². The Hall–Kier alpha value is -2.36. The van der Waals surface area contributed by atoms with Crippen molar-refractivity contribution in [3.05, 3.63) is 53.7 Å². The number of carbonyl (C=O) groups is 1. The number of hydrogen-bond donors (Lipinski definition) is 0. The summed E-state index contributed by atoms with van der Waals surface area (Å²) in [4.78, 5) is 15.7. The third-order valence-electron chi connectivity index (χ3n) is 6.87. The zero-order chi connectivity index (χ0) is 18.4. The molecule has 0 N–H and O–H groups in total. The first-order valence-electron chi connectivity index (χ1n) is 10.0. The molecule has 1 aromatic carbocycles. The minimum atomic E-state index is -0.394. The third kappa shape index (κ3) is 3.11. The SMILES string of the molecule is COC(=O)c1ccc(Oc2ccc(C3[C@H]4C[C@@H]5C[C@@H](C[C@H]3C5)C4)cc2)nc1. The first-order valence-corrected chi connectivity index (χ1v) is 10.0. The van der Waals surface area contributed by atoms with Gasteiger partial charge in [-0.05, 0) is 85.5 Å². The Bertz CT molecular complexity index is 800. The van der Waals surface area contributed by atoms with Gasteiger partial charge >= 0.3 is 5.97 Å². The lowest BCUT2D eigenvalue weighted by atomic mass is 9.51. The number of methoxy groups -OCH3 is 1. The Balaban J connectivity index is 1.29. The summed E-state index contributed by atoms with van der Waals surface area (Å²) in [6.07, 6.45) is 8.72. The van der Waals surface area contributed by atoms with E-state index in [0.29, 0.717) is 11.4 Å². The Kier molecular flexibility index (Phi) is 4.14. The van der Waals surface area contributed by atoms with Crippen molar-refractivity contribution >= 4 is 5.97 Å². The van der Waals surface area contributed by atoms with Gasteiger partial charge in [-0.2, -0.15) is 0 Å². The minimum absolute atomic E-state index is 0.394. The van der Waals surface area contributed by atoms with E-state index in [2.05, 4.69) is 34.0 Å². The Labute approximate surface area is 159 Å². The zero-order valence-corrected chi connectivity index (χ0v) is 15.6. The van der Waals surface area contributed by atoms with Crippen molar-refractivity contribution in [2.75, 3.05) is 7.11 Å². The molecule has 4 aliphatic carbocycles. The number of hydrogen-bond acceptors (Lipinski definition) is 4. The largest absolute Gasteiger partial charge is 0.465 e. The molecule has 0 radical (unpaired) electrons. The highest BCUT2D eigenvalue weighted by Gasteiger charge is 2.48. The standard InChI is InChI=1S/C23H25NO3/c1-26-23(25)17-4-7-21(24-13-17)27-20-5-2-16(3-6-20)22-18-9-14-8-15(11-18)12-19(22)10-14/h2-7,13-15,18-19,22H,8-12H2,1H3/t14-,15+,18-,19+,22?. The van der Waals surface area contributed by atoms with Crippen molar-refractivity contribution in [2.24, 2.45) is 23.7 Å². The lowest BCUT2D eigenvalue weighted by Gasteiger charge is -2.54. The van der Waals surface area contributed by atoms with Crippen LogP contribution in [0.2, 0.25) is 0 Å². The van der Waals surface area contributed by atoms with Crippen LogP contribution in [0.5, 0.6) is 11.6 Å². The predicted octanol–water partition coefficient (Wildman–Crippen LogP) is 5.20. The number of pyridine rings is 1. The maximum atomic E-state index is 11.5. The van der Waals surface area contributed by atoms with E-state index in [4.69, 9.17) is 4.74 Å². The van der Waals surface area contributed by atoms with E-state index in [0.717, 1.165) is 35.3 Å². The van der Waals surface area contributed by atoms with Crippen LogP contribution in [0.1, 0.15) is 53.9 Å². The fraction of sp³-hybridized carbons (Fsp3) is 0.478. The van der Waals surface area contributed by atoms with E-state index in [-0.39, 0.29) is 0 Å². The summed E-state index contributed by atoms with van der Waals surface area (Å²) in [6, 6.07) is 11.9. The summed E-state index contributed by atoms with van der Waals surface area (Å²) in [5.41, 5.74) is 1.90. The lowest BCUT2D eigenvalue weighted by Crippen LogP contribution is -2.43. The van der Waals surface area contributed by atoms with E-state index in [9.17, 15) is 4.79 Å². The van der Waals surface area contributed by atoms with Gasteiger partial charge in [0.25, 0.3) is 0 Å². The summed E-state index contributed by atoms with van der Waals surface area (Å²) in [6.45, 7) is 0. The number of carbonyl (C=O) groups excluding carboxylic acids is 1. The topological polar surface area (TPSA) is 48.4 Å². The highest BCUT2D eigenvalue weighted by molar-refractivity contribution is 5.88. The van der Waals surface area contributed by atoms with Crippen molar-refractivity contribution in [1.82, 2.24) is 4.98 Å². The van der Waals surface area contributed by atoms with Gasteiger partial charge < -0.3 is 9.47 Å². The summed E-state index contributed by atoms with van der Waals surface area (Å²) in [5, 5.41) is 0. The molecule has 4 aliphatic rings. The zero-order valence-electron chi connectivity index (χ0n) is 15.6. The van der Waals surface area contributed by atoms with Gasteiger partial charge in [0, 0.05) is 12.3 Å². The molecule has 6 rings (SSSR count). The molecular weight excluding hydrogens is 338 g/mol. The molecule has 0 spiro atoms. The number of ether oxygens (including phenoxy) is 2. The second kappa shape index (κ2) is 6.66. The van der Waals surface area contributed by atoms with Gasteiger partial charge in [-0.1, -0.05) is 12.1 Å². The maximum absolute atomic E-state index is 11.5. The first-order chi connectivity index (χ1) is 13.2. The fourth-order valence-corrected chi connectivity index (χ4v) is 6.03. The lowest BCUT2D eigenvalue weighted by molar-refractivity contribution is -0.00279. The smallest absolute Gasteiger partial charge is 0.339 e. The van der Waals surface area contributed by atoms with Crippen molar-refractivity contribution in [3.8, 4) is 11.6 Å². The molecule has 0 aliphatic heterocycles. The Morgan fingerprint density at radius 3 is 2.15 bits per heavy atom. The Morgan fingerprint density at radius 1 is 0.926 bits per heavy atom. The van der Waals surface area contributed by atoms with Gasteiger partial charge in [0.15, 0.2) is 0 Å². The molecule has 4 saturated carbocycles. The van der Waals surface area contributed by atoms with Gasteiger partial charge in [-0.15, -0.1) is 0 Å². The third-order valence-corrected chi connectivity index (χ3v) is 6.87. The van der Waals surface area contributed by atoms with Crippen LogP contribution < -0.4 is 4.74 Å². The molecule has 0 unspecified atom stereocenters. The van der Waals surface area contributed by atoms with Crippen LogP contribution >= 0.6 is 0 Å². The van der Waals surface area contributed by atoms with Gasteiger partial charge in [-0.3, -0.25) is 0 Å². The molecule has 0 atom stereocenters. The highest BCUT2D eigenvalue weighted by Crippen LogP contribution is 2.59. The Morgan fingerprint density at radius 2 is 1.59 bits per heavy atom. The number of esters is 1. The summed E-state index contributed by atoms with van der Waals surface area (Å²) in [5.74, 6) is 5.39. The van der Waals surface area contributed by atoms with Crippen LogP contribution in [-0.2, 0) is 4.74 Å². The molecule has 2 aromatic rings. The molecule has 27 heavy (non-hydrogen) atoms. The molecular formula is C23H25NO3. The van der Waals surface area contributed by atoms with Crippen molar-refractivity contribution in [2.45, 2.75) is 38.0 Å². The van der Waals surface area contributed by atoms with Crippen molar-refractivity contribution in [3.63, 3.8) is 0 Å². The molecule has 4 bridgehead atoms. The fourth-order valence-electron chi connectivity index (χ4n) is 6.03. The van der Waals surface area contributed by atoms with Crippen LogP contribution in [-0.4, -0.2) is 18.1 Å². The van der Waals surface area contributed by atoms with Gasteiger partial charge in [0.1, 0.15) is 5.75 Å². The van der Waals surface area contributed by atoms with E-state index >= 15 is 0 Å². The van der Waals surface area contributed by atoms with Crippen LogP contribution in [0.3, 0.4) is 0 Å². The van der Waals surface area contributed by atoms with Gasteiger partial charge in [0.05, 0.1) is 12.7 Å². The summed E-state index contributed by atoms with van der Waals surface area (Å²) >= 11 is 0. The summed E-state index contributed by atoms with van der Waals surface area (Å²) < 4.78 is 10.5. The second-order valence-electron chi connectivity index (χ2n) is 8.50. The molecule has 4 fully saturated rings. The molecule has 1 aromatic heterocycles. The molecule has 4 nitrogen and oxygen atoms in total. The first kappa shape index (κ1) is 16.8. The van der Waals surface area contributed by atoms with E-state index in [1.165, 1.54) is 51.0 Å². The van der Waals surface area contributed by atoms with Crippen LogP contribution in [0.25, 0.3) is 0 Å². The van der Waals surface area contributed by atoms with Gasteiger partial charge in [0.2, 0.25) is 5.88 Å². The van der Waals surface area contributed by atoms with Crippen molar-refractivity contribution < 1.29 is 14.3 Å². The van der Waals surface area contributed by atoms with Crippen LogP contribution in [0.15, 0.2) is 42.6 Å². The molecule has 0 saturated heterocycles. The molecule has 1 heterocycles. The molecule has 140 valence electrons. The second-order valence-corrected chi connectivity index (χ2v) is 8.50. The highest BCUT2D eigenvalue weighted by atomic mass is 16.5. The van der Waals surface area contributed by atoms with Crippen molar-refractivity contribution in [1.29, 1.82) is 0 Å². The maximum Gasteiger partial charge on any atom is 0.339 e. The molecule has 4 heteroatoms. The normalized spacial score (nSPS) is 30.9. The van der Waals surface area contributed by atoms with E-state index in [1.54, 1.807) is 12.1 Å². The van der Waals surface area contributed by atoms with E-state index in [1.807, 2.05) is 0 Å². The molecule has 0 amide bonds. The number of aromatic nitrogens is 1. The number of nitrogens with zero attached hydrogens (tertiary/aromatic N) is 1. The average molecular weight is 363 g/mol. The minimum Gasteiger partial charge on any atom is -0.465 e. The summed E-state index contributed by atoms with van der Waals surface area (Å²) in [7, 11) is 1.36. The number of benzene rings is 1.